The van der Waals surface area contributed by atoms with Gasteiger partial charge in [0.25, 0.3) is 0 Å². The number of hydrogen-bond donors (Lipinski definition) is 1. The molecular formula is C22H28N2O5. The monoisotopic (exact) mass is 400 g/mol. The average Bonchev–Trinajstić information content (AvgIpc) is 2.97. The standard InChI is InChI=1S/C22H28N2O5/c1-13(2)11-18(24-21(26)15-7-5-6-8-16(15)22(24)27)20(25)23-17-10-9-14(28-3)12-19(17)29-4/h5-6,9-10,12-13,15-16,18H,7-8,11H2,1-4H3,(H,23,25)/t15-,16-,18+/m1/s1. The van der Waals surface area contributed by atoms with E-state index in [4.69, 9.17) is 9.47 Å². The fraction of sp³-hybridized carbons (Fsp3) is 0.500. The van der Waals surface area contributed by atoms with E-state index in [-0.39, 0.29) is 29.6 Å². The smallest absolute Gasteiger partial charge is 0.247 e. The molecule has 1 aromatic rings. The largest absolute Gasteiger partial charge is 0.497 e. The first-order valence-corrected chi connectivity index (χ1v) is 9.92. The van der Waals surface area contributed by atoms with E-state index in [1.165, 1.54) is 12.0 Å². The normalized spacial score (nSPS) is 21.9. The van der Waals surface area contributed by atoms with E-state index >= 15 is 0 Å². The second-order valence-electron chi connectivity index (χ2n) is 7.90. The number of amides is 3. The number of rotatable bonds is 7. The molecule has 3 amide bonds. The summed E-state index contributed by atoms with van der Waals surface area (Å²) in [7, 11) is 3.05. The van der Waals surface area contributed by atoms with E-state index in [1.54, 1.807) is 25.3 Å². The number of carbonyl (C=O) groups excluding carboxylic acids is 3. The molecule has 2 aliphatic rings. The van der Waals surface area contributed by atoms with Gasteiger partial charge in [0, 0.05) is 6.07 Å². The Morgan fingerprint density at radius 1 is 1.10 bits per heavy atom. The molecule has 7 heteroatoms. The van der Waals surface area contributed by atoms with E-state index in [1.807, 2.05) is 26.0 Å². The highest BCUT2D eigenvalue weighted by atomic mass is 16.5. The summed E-state index contributed by atoms with van der Waals surface area (Å²) in [4.78, 5) is 40.4. The number of allylic oxidation sites excluding steroid dienone is 2. The summed E-state index contributed by atoms with van der Waals surface area (Å²) in [5.74, 6) is -0.423. The average molecular weight is 400 g/mol. The minimum atomic E-state index is -0.854. The Hall–Kier alpha value is -2.83. The predicted molar refractivity (Wildman–Crippen MR) is 109 cm³/mol. The quantitative estimate of drug-likeness (QED) is 0.562. The van der Waals surface area contributed by atoms with Gasteiger partial charge in [-0.3, -0.25) is 19.3 Å². The van der Waals surface area contributed by atoms with Crippen molar-refractivity contribution in [1.82, 2.24) is 4.90 Å². The number of imide groups is 1. The van der Waals surface area contributed by atoms with Gasteiger partial charge >= 0.3 is 0 Å². The molecule has 3 rings (SSSR count). The number of nitrogens with one attached hydrogen (secondary N) is 1. The van der Waals surface area contributed by atoms with Crippen molar-refractivity contribution >= 4 is 23.4 Å². The molecule has 0 bridgehead atoms. The van der Waals surface area contributed by atoms with Gasteiger partial charge in [-0.15, -0.1) is 0 Å². The van der Waals surface area contributed by atoms with Gasteiger partial charge in [0.2, 0.25) is 17.7 Å². The van der Waals surface area contributed by atoms with Crippen LogP contribution in [0.5, 0.6) is 11.5 Å². The number of fused-ring (bicyclic) bond motifs is 1. The predicted octanol–water partition coefficient (Wildman–Crippen LogP) is 3.01. The van der Waals surface area contributed by atoms with Crippen LogP contribution in [0, 0.1) is 17.8 Å². The Morgan fingerprint density at radius 3 is 2.24 bits per heavy atom. The minimum absolute atomic E-state index is 0.130. The van der Waals surface area contributed by atoms with Crippen LogP contribution in [-0.2, 0) is 14.4 Å². The van der Waals surface area contributed by atoms with Gasteiger partial charge in [-0.2, -0.15) is 0 Å². The van der Waals surface area contributed by atoms with E-state index in [2.05, 4.69) is 5.32 Å². The SMILES string of the molecule is COc1ccc(NC(=O)[C@H](CC(C)C)N2C(=O)[C@@H]3CC=CC[C@H]3C2=O)c(OC)c1. The molecule has 1 aliphatic carbocycles. The van der Waals surface area contributed by atoms with Crippen molar-refractivity contribution in [3.63, 3.8) is 0 Å². The lowest BCUT2D eigenvalue weighted by molar-refractivity contribution is -0.147. The van der Waals surface area contributed by atoms with Crippen LogP contribution < -0.4 is 14.8 Å². The first-order chi connectivity index (χ1) is 13.9. The van der Waals surface area contributed by atoms with Crippen molar-refractivity contribution in [2.75, 3.05) is 19.5 Å². The van der Waals surface area contributed by atoms with Crippen molar-refractivity contribution in [3.05, 3.63) is 30.4 Å². The number of nitrogens with zero attached hydrogens (tertiary/aromatic N) is 1. The Labute approximate surface area is 171 Å². The summed E-state index contributed by atoms with van der Waals surface area (Å²) in [6.45, 7) is 3.93. The summed E-state index contributed by atoms with van der Waals surface area (Å²) in [5.41, 5.74) is 0.463. The van der Waals surface area contributed by atoms with Crippen molar-refractivity contribution in [1.29, 1.82) is 0 Å². The summed E-state index contributed by atoms with van der Waals surface area (Å²) in [5, 5.41) is 2.84. The first-order valence-electron chi connectivity index (χ1n) is 9.92. The molecule has 1 aromatic carbocycles. The molecule has 0 unspecified atom stereocenters. The number of benzene rings is 1. The fourth-order valence-electron chi connectivity index (χ4n) is 4.03. The summed E-state index contributed by atoms with van der Waals surface area (Å²) >= 11 is 0. The van der Waals surface area contributed by atoms with Crippen molar-refractivity contribution < 1.29 is 23.9 Å². The maximum absolute atomic E-state index is 13.2. The number of anilines is 1. The number of hydrogen-bond acceptors (Lipinski definition) is 5. The molecule has 1 N–H and O–H groups in total. The lowest BCUT2D eigenvalue weighted by Crippen LogP contribution is -2.48. The van der Waals surface area contributed by atoms with Gasteiger partial charge in [0.05, 0.1) is 31.7 Å². The molecule has 156 valence electrons. The first kappa shape index (κ1) is 20.9. The second-order valence-corrected chi connectivity index (χ2v) is 7.90. The van der Waals surface area contributed by atoms with Crippen LogP contribution in [0.25, 0.3) is 0 Å². The van der Waals surface area contributed by atoms with Crippen LogP contribution >= 0.6 is 0 Å². The van der Waals surface area contributed by atoms with E-state index in [0.717, 1.165) is 0 Å². The molecule has 0 aromatic heterocycles. The Kier molecular flexibility index (Phi) is 6.25. The number of methoxy groups -OCH3 is 2. The highest BCUT2D eigenvalue weighted by Gasteiger charge is 2.51. The van der Waals surface area contributed by atoms with Gasteiger partial charge in [-0.05, 0) is 37.3 Å². The maximum atomic E-state index is 13.2. The van der Waals surface area contributed by atoms with E-state index < -0.39 is 11.9 Å². The van der Waals surface area contributed by atoms with Crippen LogP contribution in [-0.4, -0.2) is 42.9 Å². The Bertz CT molecular complexity index is 806. The van der Waals surface area contributed by atoms with Crippen LogP contribution in [0.2, 0.25) is 0 Å². The third-order valence-electron chi connectivity index (χ3n) is 5.52. The lowest BCUT2D eigenvalue weighted by Gasteiger charge is -2.27. The maximum Gasteiger partial charge on any atom is 0.247 e. The summed E-state index contributed by atoms with van der Waals surface area (Å²) in [6.07, 6.45) is 5.38. The molecule has 1 aliphatic heterocycles. The number of ether oxygens (including phenoxy) is 2. The topological polar surface area (TPSA) is 84.9 Å². The molecule has 0 spiro atoms. The van der Waals surface area contributed by atoms with Crippen molar-refractivity contribution in [2.24, 2.45) is 17.8 Å². The van der Waals surface area contributed by atoms with Gasteiger partial charge in [0.15, 0.2) is 0 Å². The van der Waals surface area contributed by atoms with Gasteiger partial charge in [-0.25, -0.2) is 0 Å². The van der Waals surface area contributed by atoms with Crippen molar-refractivity contribution in [2.45, 2.75) is 39.2 Å². The molecule has 1 saturated heterocycles. The number of likely N-dealkylation sites (tertiary alicyclic amines) is 1. The lowest BCUT2D eigenvalue weighted by atomic mass is 9.85. The van der Waals surface area contributed by atoms with Gasteiger partial charge in [0.1, 0.15) is 17.5 Å². The molecule has 1 fully saturated rings. The zero-order valence-corrected chi connectivity index (χ0v) is 17.3. The third-order valence-corrected chi connectivity index (χ3v) is 5.52. The van der Waals surface area contributed by atoms with Crippen LogP contribution in [0.4, 0.5) is 5.69 Å². The highest BCUT2D eigenvalue weighted by molar-refractivity contribution is 6.10. The molecule has 1 heterocycles. The van der Waals surface area contributed by atoms with Crippen LogP contribution in [0.1, 0.15) is 33.1 Å². The Morgan fingerprint density at radius 2 is 1.72 bits per heavy atom. The third kappa shape index (κ3) is 4.13. The molecule has 0 saturated carbocycles. The summed E-state index contributed by atoms with van der Waals surface area (Å²) < 4.78 is 10.5. The highest BCUT2D eigenvalue weighted by Crippen LogP contribution is 2.37. The molecule has 29 heavy (non-hydrogen) atoms. The minimum Gasteiger partial charge on any atom is -0.497 e. The van der Waals surface area contributed by atoms with Gasteiger partial charge in [-0.1, -0.05) is 26.0 Å². The van der Waals surface area contributed by atoms with E-state index in [0.29, 0.717) is 36.4 Å². The zero-order chi connectivity index (χ0) is 21.1. The fourth-order valence-corrected chi connectivity index (χ4v) is 4.03. The molecule has 7 nitrogen and oxygen atoms in total. The summed E-state index contributed by atoms with van der Waals surface area (Å²) in [6, 6.07) is 4.20. The second kappa shape index (κ2) is 8.68. The van der Waals surface area contributed by atoms with Crippen LogP contribution in [0.15, 0.2) is 30.4 Å². The zero-order valence-electron chi connectivity index (χ0n) is 17.3. The Balaban J connectivity index is 1.86. The van der Waals surface area contributed by atoms with E-state index in [9.17, 15) is 14.4 Å². The molecule has 0 radical (unpaired) electrons. The molecule has 3 atom stereocenters. The molecular weight excluding hydrogens is 372 g/mol. The number of carbonyl (C=O) groups is 3. The van der Waals surface area contributed by atoms with Gasteiger partial charge < -0.3 is 14.8 Å². The van der Waals surface area contributed by atoms with Crippen molar-refractivity contribution in [3.8, 4) is 11.5 Å². The van der Waals surface area contributed by atoms with Crippen LogP contribution in [0.3, 0.4) is 0 Å².